The molecule has 3 rings (SSSR count). The van der Waals surface area contributed by atoms with Crippen LogP contribution in [0.5, 0.6) is 0 Å². The summed E-state index contributed by atoms with van der Waals surface area (Å²) in [6.07, 6.45) is 4.82. The number of hydrogen-bond acceptors (Lipinski definition) is 5. The summed E-state index contributed by atoms with van der Waals surface area (Å²) in [6.45, 7) is 9.71. The second-order valence-electron chi connectivity index (χ2n) is 7.56. The van der Waals surface area contributed by atoms with E-state index in [-0.39, 0.29) is 5.91 Å². The van der Waals surface area contributed by atoms with Gasteiger partial charge in [0.2, 0.25) is 5.91 Å². The number of morpholine rings is 1. The van der Waals surface area contributed by atoms with Crippen molar-refractivity contribution < 1.29 is 14.6 Å². The van der Waals surface area contributed by atoms with E-state index in [4.69, 9.17) is 4.74 Å². The molecule has 1 N–H and O–H groups in total. The Labute approximate surface area is 149 Å². The minimum Gasteiger partial charge on any atom is -0.387 e. The van der Waals surface area contributed by atoms with Crippen molar-refractivity contribution in [1.82, 2.24) is 19.4 Å². The Balaban J connectivity index is 1.49. The molecule has 1 unspecified atom stereocenters. The number of ether oxygens (including phenoxy) is 1. The summed E-state index contributed by atoms with van der Waals surface area (Å²) in [5, 5.41) is 10.8. The summed E-state index contributed by atoms with van der Waals surface area (Å²) < 4.78 is 7.41. The largest absolute Gasteiger partial charge is 0.387 e. The maximum Gasteiger partial charge on any atom is 0.224 e. The van der Waals surface area contributed by atoms with Crippen molar-refractivity contribution in [2.45, 2.75) is 44.8 Å². The molecular weight excluding hydrogens is 320 g/mol. The lowest BCUT2D eigenvalue weighted by atomic mass is 10.0. The molecule has 2 fully saturated rings. The average Bonchev–Trinajstić information content (AvgIpc) is 3.20. The smallest absolute Gasteiger partial charge is 0.224 e. The van der Waals surface area contributed by atoms with E-state index in [1.807, 2.05) is 11.1 Å². The van der Waals surface area contributed by atoms with Crippen molar-refractivity contribution in [2.75, 3.05) is 45.9 Å². The molecular formula is C18H30N4O3. The maximum atomic E-state index is 12.5. The molecule has 25 heavy (non-hydrogen) atoms. The highest BCUT2D eigenvalue weighted by Gasteiger charge is 2.39. The topological polar surface area (TPSA) is 70.8 Å². The Kier molecular flexibility index (Phi) is 5.76. The molecule has 0 spiro atoms. The number of hydrogen-bond donors (Lipinski definition) is 1. The third-order valence-corrected chi connectivity index (χ3v) is 5.14. The van der Waals surface area contributed by atoms with Gasteiger partial charge in [-0.25, -0.2) is 4.98 Å². The standard InChI is InChI=1S/C18H30N4O3/c1-15(2)17-19-5-8-21(17)6-3-16(23)22-7-4-18(24,14-22)13-20-9-11-25-12-10-20/h5,8,15,24H,3-4,6-7,9-14H2,1-2H3. The molecule has 0 saturated carbocycles. The SMILES string of the molecule is CC(C)c1nccn1CCC(=O)N1CCC(O)(CN2CCOCC2)C1. The Morgan fingerprint density at radius 2 is 2.12 bits per heavy atom. The highest BCUT2D eigenvalue weighted by molar-refractivity contribution is 5.76. The second-order valence-corrected chi connectivity index (χ2v) is 7.56. The zero-order chi connectivity index (χ0) is 17.9. The fraction of sp³-hybridized carbons (Fsp3) is 0.778. The van der Waals surface area contributed by atoms with E-state index in [9.17, 15) is 9.90 Å². The van der Waals surface area contributed by atoms with E-state index in [2.05, 4.69) is 28.3 Å². The first-order chi connectivity index (χ1) is 12.0. The number of aryl methyl sites for hydroxylation is 1. The fourth-order valence-corrected chi connectivity index (χ4v) is 3.76. The summed E-state index contributed by atoms with van der Waals surface area (Å²) in [4.78, 5) is 21.0. The van der Waals surface area contributed by atoms with E-state index in [1.165, 1.54) is 0 Å². The highest BCUT2D eigenvalue weighted by Crippen LogP contribution is 2.24. The van der Waals surface area contributed by atoms with Gasteiger partial charge in [0, 0.05) is 57.5 Å². The molecule has 2 saturated heterocycles. The van der Waals surface area contributed by atoms with Gasteiger partial charge in [0.25, 0.3) is 0 Å². The maximum absolute atomic E-state index is 12.5. The van der Waals surface area contributed by atoms with Crippen LogP contribution in [0.2, 0.25) is 0 Å². The molecule has 1 atom stereocenters. The number of amides is 1. The number of aromatic nitrogens is 2. The molecule has 0 bridgehead atoms. The molecule has 2 aliphatic heterocycles. The molecule has 7 nitrogen and oxygen atoms in total. The minimum absolute atomic E-state index is 0.112. The van der Waals surface area contributed by atoms with Crippen LogP contribution in [0.1, 0.15) is 38.4 Å². The lowest BCUT2D eigenvalue weighted by Crippen LogP contribution is -2.49. The monoisotopic (exact) mass is 350 g/mol. The van der Waals surface area contributed by atoms with Crippen LogP contribution in [-0.2, 0) is 16.1 Å². The van der Waals surface area contributed by atoms with Crippen molar-refractivity contribution >= 4 is 5.91 Å². The van der Waals surface area contributed by atoms with Crippen molar-refractivity contribution in [3.05, 3.63) is 18.2 Å². The van der Waals surface area contributed by atoms with Crippen LogP contribution in [0.4, 0.5) is 0 Å². The first-order valence-corrected chi connectivity index (χ1v) is 9.28. The molecule has 1 aromatic heterocycles. The van der Waals surface area contributed by atoms with Gasteiger partial charge in [-0.1, -0.05) is 13.8 Å². The zero-order valence-corrected chi connectivity index (χ0v) is 15.4. The number of imidazole rings is 1. The molecule has 140 valence electrons. The van der Waals surface area contributed by atoms with Gasteiger partial charge >= 0.3 is 0 Å². The van der Waals surface area contributed by atoms with Gasteiger partial charge in [-0.15, -0.1) is 0 Å². The Morgan fingerprint density at radius 3 is 2.84 bits per heavy atom. The van der Waals surface area contributed by atoms with E-state index in [0.29, 0.717) is 44.9 Å². The minimum atomic E-state index is -0.787. The molecule has 0 aliphatic carbocycles. The van der Waals surface area contributed by atoms with E-state index < -0.39 is 5.60 Å². The molecule has 1 aromatic rings. The predicted molar refractivity (Wildman–Crippen MR) is 94.3 cm³/mol. The van der Waals surface area contributed by atoms with E-state index in [0.717, 1.165) is 32.1 Å². The van der Waals surface area contributed by atoms with E-state index >= 15 is 0 Å². The summed E-state index contributed by atoms with van der Waals surface area (Å²) >= 11 is 0. The summed E-state index contributed by atoms with van der Waals surface area (Å²) in [7, 11) is 0. The number of carbonyl (C=O) groups is 1. The zero-order valence-electron chi connectivity index (χ0n) is 15.4. The van der Waals surface area contributed by atoms with Gasteiger partial charge in [0.1, 0.15) is 5.82 Å². The Bertz CT molecular complexity index is 583. The lowest BCUT2D eigenvalue weighted by molar-refractivity contribution is -0.131. The van der Waals surface area contributed by atoms with Crippen LogP contribution < -0.4 is 0 Å². The summed E-state index contributed by atoms with van der Waals surface area (Å²) in [5.41, 5.74) is -0.787. The average molecular weight is 350 g/mol. The number of aliphatic hydroxyl groups is 1. The van der Waals surface area contributed by atoms with Gasteiger partial charge in [-0.05, 0) is 6.42 Å². The van der Waals surface area contributed by atoms with Crippen LogP contribution in [-0.4, -0.2) is 81.9 Å². The van der Waals surface area contributed by atoms with Crippen molar-refractivity contribution in [1.29, 1.82) is 0 Å². The molecule has 3 heterocycles. The summed E-state index contributed by atoms with van der Waals surface area (Å²) in [5.74, 6) is 1.47. The van der Waals surface area contributed by atoms with Crippen LogP contribution in [0.25, 0.3) is 0 Å². The quantitative estimate of drug-likeness (QED) is 0.817. The summed E-state index contributed by atoms with van der Waals surface area (Å²) in [6, 6.07) is 0. The third kappa shape index (κ3) is 4.59. The van der Waals surface area contributed by atoms with Gasteiger partial charge in [-0.2, -0.15) is 0 Å². The first kappa shape index (κ1) is 18.4. The van der Waals surface area contributed by atoms with Crippen molar-refractivity contribution in [3.63, 3.8) is 0 Å². The van der Waals surface area contributed by atoms with Crippen molar-refractivity contribution in [2.24, 2.45) is 0 Å². The lowest BCUT2D eigenvalue weighted by Gasteiger charge is -2.33. The van der Waals surface area contributed by atoms with Gasteiger partial charge in [-0.3, -0.25) is 9.69 Å². The normalized spacial score (nSPS) is 25.0. The highest BCUT2D eigenvalue weighted by atomic mass is 16.5. The van der Waals surface area contributed by atoms with E-state index in [1.54, 1.807) is 6.20 Å². The molecule has 7 heteroatoms. The number of rotatable bonds is 6. The molecule has 0 radical (unpaired) electrons. The van der Waals surface area contributed by atoms with Crippen molar-refractivity contribution in [3.8, 4) is 0 Å². The third-order valence-electron chi connectivity index (χ3n) is 5.14. The number of nitrogens with zero attached hydrogens (tertiary/aromatic N) is 4. The number of carbonyl (C=O) groups excluding carboxylic acids is 1. The van der Waals surface area contributed by atoms with Crippen LogP contribution >= 0.6 is 0 Å². The van der Waals surface area contributed by atoms with Crippen LogP contribution in [0, 0.1) is 0 Å². The second kappa shape index (κ2) is 7.85. The van der Waals surface area contributed by atoms with Crippen LogP contribution in [0.15, 0.2) is 12.4 Å². The number of likely N-dealkylation sites (tertiary alicyclic amines) is 1. The Morgan fingerprint density at radius 1 is 1.36 bits per heavy atom. The molecule has 1 amide bonds. The fourth-order valence-electron chi connectivity index (χ4n) is 3.76. The van der Waals surface area contributed by atoms with Gasteiger partial charge < -0.3 is 19.3 Å². The van der Waals surface area contributed by atoms with Gasteiger partial charge in [0.05, 0.1) is 25.4 Å². The number of β-amino-alcohol motifs (C(OH)–C–C–N with tert-alkyl or cyclic N) is 1. The van der Waals surface area contributed by atoms with Gasteiger partial charge in [0.15, 0.2) is 0 Å². The Hall–Kier alpha value is -1.44. The predicted octanol–water partition coefficient (Wildman–Crippen LogP) is 0.692. The van der Waals surface area contributed by atoms with Crippen LogP contribution in [0.3, 0.4) is 0 Å². The first-order valence-electron chi connectivity index (χ1n) is 9.28. The molecule has 2 aliphatic rings. The molecule has 0 aromatic carbocycles.